The normalized spacial score (nSPS) is 6.44. The minimum atomic E-state index is 0. The predicted octanol–water partition coefficient (Wildman–Crippen LogP) is 2.10. The Morgan fingerprint density at radius 3 is 1.78 bits per heavy atom. The Morgan fingerprint density at radius 2 is 1.67 bits per heavy atom. The van der Waals surface area contributed by atoms with Crippen LogP contribution in [0.1, 0.15) is 13.3 Å². The molecule has 0 unspecified atom stereocenters. The molecule has 1 aromatic carbocycles. The van der Waals surface area contributed by atoms with E-state index in [0.717, 1.165) is 6.42 Å². The molecule has 0 atom stereocenters. The molecule has 0 bridgehead atoms. The van der Waals surface area contributed by atoms with E-state index in [1.165, 1.54) is 0 Å². The van der Waals surface area contributed by atoms with Gasteiger partial charge < -0.3 is 6.92 Å². The molecule has 0 heterocycles. The number of rotatable bonds is 0. The molecule has 0 amide bonds. The Hall–Kier alpha value is 0.0383. The van der Waals surface area contributed by atoms with E-state index in [4.69, 9.17) is 0 Å². The third-order valence-electron chi connectivity index (χ3n) is 0.556. The van der Waals surface area contributed by atoms with Crippen molar-refractivity contribution in [1.82, 2.24) is 0 Å². The molecule has 0 aliphatic rings. The fourth-order valence-corrected chi connectivity index (χ4v) is 0.321. The zero-order valence-corrected chi connectivity index (χ0v) is 9.39. The van der Waals surface area contributed by atoms with Gasteiger partial charge >= 0.3 is 21.1 Å². The molecule has 0 radical (unpaired) electrons. The first-order valence-corrected chi connectivity index (χ1v) is 2.87. The van der Waals surface area contributed by atoms with E-state index >= 15 is 0 Å². The number of hydrogen-bond acceptors (Lipinski definition) is 0. The SMILES string of the molecule is [CH2-]CC.[WH2].c1cc[cH-]c1. The van der Waals surface area contributed by atoms with Gasteiger partial charge in [-0.05, 0) is 0 Å². The van der Waals surface area contributed by atoms with Crippen molar-refractivity contribution in [3.8, 4) is 0 Å². The minimum Gasteiger partial charge on any atom is -0.214 e. The summed E-state index contributed by atoms with van der Waals surface area (Å²) in [5, 5.41) is 0. The van der Waals surface area contributed by atoms with Crippen molar-refractivity contribution in [3.63, 3.8) is 0 Å². The van der Waals surface area contributed by atoms with Crippen LogP contribution in [-0.4, -0.2) is 0 Å². The molecule has 0 nitrogen and oxygen atoms in total. The van der Waals surface area contributed by atoms with Crippen LogP contribution in [0.15, 0.2) is 30.3 Å². The summed E-state index contributed by atoms with van der Waals surface area (Å²) in [7, 11) is 0. The average molecular weight is 294 g/mol. The van der Waals surface area contributed by atoms with Crippen LogP contribution >= 0.6 is 0 Å². The second-order valence-corrected chi connectivity index (χ2v) is 1.46. The Bertz CT molecular complexity index is 71.5. The summed E-state index contributed by atoms with van der Waals surface area (Å²) in [6, 6.07) is 10.0. The molecule has 0 saturated heterocycles. The van der Waals surface area contributed by atoms with Gasteiger partial charge in [0, 0.05) is 0 Å². The maximum absolute atomic E-state index is 3.49. The van der Waals surface area contributed by atoms with E-state index in [1.54, 1.807) is 0 Å². The van der Waals surface area contributed by atoms with Crippen LogP contribution in [-0.2, 0) is 21.1 Å². The van der Waals surface area contributed by atoms with E-state index in [2.05, 4.69) is 6.92 Å². The van der Waals surface area contributed by atoms with Gasteiger partial charge in [0.2, 0.25) is 0 Å². The largest absolute Gasteiger partial charge is 0.214 e. The molecule has 0 fully saturated rings. The van der Waals surface area contributed by atoms with E-state index in [1.807, 2.05) is 37.3 Å². The molecule has 0 N–H and O–H groups in total. The van der Waals surface area contributed by atoms with Crippen LogP contribution < -0.4 is 0 Å². The molecule has 1 aromatic rings. The first-order chi connectivity index (χ1) is 3.91. The standard InChI is InChI=1S/C5H5.C3H7.W.2H/c1-2-4-5-3-1;1-3-2;;;/h1-5H;1,3H2,2H3;;;/q2*-1;;;. The van der Waals surface area contributed by atoms with E-state index in [0.29, 0.717) is 0 Å². The second kappa shape index (κ2) is 10.9. The first kappa shape index (κ1) is 11.8. The zero-order valence-electron chi connectivity index (χ0n) is 5.80. The van der Waals surface area contributed by atoms with Gasteiger partial charge in [0.25, 0.3) is 0 Å². The monoisotopic (exact) mass is 294 g/mol. The fourth-order valence-electron chi connectivity index (χ4n) is 0.321. The quantitative estimate of drug-likeness (QED) is 0.643. The smallest absolute Gasteiger partial charge is 0.172 e. The van der Waals surface area contributed by atoms with Gasteiger partial charge in [0.1, 0.15) is 0 Å². The van der Waals surface area contributed by atoms with Crippen LogP contribution in [0.5, 0.6) is 0 Å². The Balaban J connectivity index is 0. The third kappa shape index (κ3) is 11.5. The molecular formula is C8H14W-2. The van der Waals surface area contributed by atoms with Gasteiger partial charge in [-0.25, -0.2) is 12.1 Å². The predicted molar refractivity (Wildman–Crippen MR) is 40.5 cm³/mol. The summed E-state index contributed by atoms with van der Waals surface area (Å²) in [5.74, 6) is 0. The maximum Gasteiger partial charge on any atom is -0.172 e. The van der Waals surface area contributed by atoms with Gasteiger partial charge in [-0.3, -0.25) is 0 Å². The molecule has 54 valence electrons. The van der Waals surface area contributed by atoms with Crippen molar-refractivity contribution in [2.24, 2.45) is 0 Å². The molecule has 1 heteroatoms. The number of hydrogen-bond donors (Lipinski definition) is 0. The second-order valence-electron chi connectivity index (χ2n) is 1.46. The van der Waals surface area contributed by atoms with Crippen molar-refractivity contribution in [2.75, 3.05) is 0 Å². The third-order valence-corrected chi connectivity index (χ3v) is 0.556. The van der Waals surface area contributed by atoms with Crippen LogP contribution in [0.3, 0.4) is 0 Å². The summed E-state index contributed by atoms with van der Waals surface area (Å²) in [6.07, 6.45) is 1.00. The Labute approximate surface area is 71.9 Å². The Kier molecular flexibility index (Phi) is 14.3. The maximum atomic E-state index is 3.49. The van der Waals surface area contributed by atoms with Gasteiger partial charge in [0.05, 0.1) is 0 Å². The molecule has 0 aliphatic heterocycles. The molecule has 0 aliphatic carbocycles. The van der Waals surface area contributed by atoms with Crippen LogP contribution in [0.4, 0.5) is 0 Å². The van der Waals surface area contributed by atoms with E-state index in [-0.39, 0.29) is 21.1 Å². The Morgan fingerprint density at radius 1 is 1.33 bits per heavy atom. The topological polar surface area (TPSA) is 0 Å². The summed E-state index contributed by atoms with van der Waals surface area (Å²) >= 11 is 0. The summed E-state index contributed by atoms with van der Waals surface area (Å²) in [5.41, 5.74) is 0. The van der Waals surface area contributed by atoms with Gasteiger partial charge in [-0.15, -0.1) is 0 Å². The summed E-state index contributed by atoms with van der Waals surface area (Å²) < 4.78 is 0. The molecule has 0 saturated carbocycles. The molecule has 1 rings (SSSR count). The van der Waals surface area contributed by atoms with E-state index in [9.17, 15) is 0 Å². The van der Waals surface area contributed by atoms with Crippen molar-refractivity contribution in [1.29, 1.82) is 0 Å². The van der Waals surface area contributed by atoms with Crippen LogP contribution in [0.2, 0.25) is 0 Å². The minimum absolute atomic E-state index is 0. The average Bonchev–Trinajstić information content (AvgIpc) is 2.17. The van der Waals surface area contributed by atoms with Crippen molar-refractivity contribution in [3.05, 3.63) is 37.3 Å². The van der Waals surface area contributed by atoms with Gasteiger partial charge in [0.15, 0.2) is 0 Å². The fraction of sp³-hybridized carbons (Fsp3) is 0.250. The molecule has 9 heavy (non-hydrogen) atoms. The summed E-state index contributed by atoms with van der Waals surface area (Å²) in [4.78, 5) is 0. The molecular weight excluding hydrogens is 280 g/mol. The summed E-state index contributed by atoms with van der Waals surface area (Å²) in [6.45, 7) is 5.50. The van der Waals surface area contributed by atoms with Crippen molar-refractivity contribution >= 4 is 0 Å². The van der Waals surface area contributed by atoms with Gasteiger partial charge in [-0.1, -0.05) is 6.92 Å². The van der Waals surface area contributed by atoms with Gasteiger partial charge in [-0.2, -0.15) is 24.6 Å². The first-order valence-electron chi connectivity index (χ1n) is 2.87. The molecule has 0 spiro atoms. The van der Waals surface area contributed by atoms with Crippen LogP contribution in [0, 0.1) is 6.92 Å². The van der Waals surface area contributed by atoms with E-state index < -0.39 is 0 Å². The zero-order chi connectivity index (χ0) is 6.24. The van der Waals surface area contributed by atoms with Crippen LogP contribution in [0.25, 0.3) is 0 Å². The van der Waals surface area contributed by atoms with Crippen molar-refractivity contribution in [2.45, 2.75) is 13.3 Å². The van der Waals surface area contributed by atoms with Crippen molar-refractivity contribution < 1.29 is 21.1 Å². The molecule has 0 aromatic heterocycles.